The summed E-state index contributed by atoms with van der Waals surface area (Å²) in [5, 5.41) is 22.1. The number of nitrogens with zero attached hydrogens (tertiary/aromatic N) is 5. The molecule has 5 rings (SSSR count). The first kappa shape index (κ1) is 18.1. The van der Waals surface area contributed by atoms with Gasteiger partial charge in [-0.15, -0.1) is 10.2 Å². The van der Waals surface area contributed by atoms with Crippen molar-refractivity contribution < 1.29 is 4.74 Å². The summed E-state index contributed by atoms with van der Waals surface area (Å²) in [6.45, 7) is 0.171. The van der Waals surface area contributed by atoms with Crippen molar-refractivity contribution in [2.45, 2.75) is 6.61 Å². The van der Waals surface area contributed by atoms with E-state index in [1.807, 2.05) is 36.4 Å². The molecule has 29 heavy (non-hydrogen) atoms. The van der Waals surface area contributed by atoms with Crippen LogP contribution in [-0.4, -0.2) is 30.0 Å². The molecule has 0 amide bonds. The van der Waals surface area contributed by atoms with Crippen molar-refractivity contribution in [3.05, 3.63) is 70.5 Å². The van der Waals surface area contributed by atoms with Crippen LogP contribution in [-0.2, 0) is 6.61 Å². The Labute approximate surface area is 178 Å². The van der Waals surface area contributed by atoms with Gasteiger partial charge in [-0.1, -0.05) is 64.9 Å². The normalized spacial score (nSPS) is 11.2. The van der Waals surface area contributed by atoms with Gasteiger partial charge in [0.05, 0.1) is 16.4 Å². The minimum atomic E-state index is 0.171. The zero-order chi connectivity index (χ0) is 19.8. The Hall–Kier alpha value is -2.94. The fraction of sp³-hybridized carbons (Fsp3) is 0.0526. The Morgan fingerprint density at radius 2 is 1.90 bits per heavy atom. The average Bonchev–Trinajstić information content (AvgIpc) is 3.44. The van der Waals surface area contributed by atoms with E-state index in [-0.39, 0.29) is 6.61 Å². The van der Waals surface area contributed by atoms with E-state index in [1.165, 1.54) is 11.3 Å². The summed E-state index contributed by atoms with van der Waals surface area (Å²) in [5.74, 6) is 1.08. The van der Waals surface area contributed by atoms with Crippen molar-refractivity contribution in [1.82, 2.24) is 30.0 Å². The van der Waals surface area contributed by atoms with E-state index in [1.54, 1.807) is 22.7 Å². The lowest BCUT2D eigenvalue weighted by atomic mass is 10.1. The van der Waals surface area contributed by atoms with Crippen LogP contribution in [0.15, 0.2) is 54.6 Å². The van der Waals surface area contributed by atoms with Crippen molar-refractivity contribution in [3.63, 3.8) is 0 Å². The fourth-order valence-corrected chi connectivity index (χ4v) is 4.07. The molecule has 0 fully saturated rings. The van der Waals surface area contributed by atoms with Gasteiger partial charge in [-0.05, 0) is 24.3 Å². The molecule has 0 bridgehead atoms. The van der Waals surface area contributed by atoms with Crippen molar-refractivity contribution >= 4 is 39.5 Å². The molecule has 0 radical (unpaired) electrons. The number of H-pyrrole nitrogens is 1. The quantitative estimate of drug-likeness (QED) is 0.407. The largest absolute Gasteiger partial charge is 0.484 e. The first-order valence-corrected chi connectivity index (χ1v) is 10.1. The van der Waals surface area contributed by atoms with Crippen molar-refractivity contribution in [2.75, 3.05) is 0 Å². The predicted octanol–water partition coefficient (Wildman–Crippen LogP) is 5.13. The summed E-state index contributed by atoms with van der Waals surface area (Å²) in [6, 6.07) is 17.0. The highest BCUT2D eigenvalue weighted by atomic mass is 35.5. The Morgan fingerprint density at radius 1 is 1.03 bits per heavy atom. The maximum absolute atomic E-state index is 6.15. The molecule has 5 aromatic rings. The second-order valence-electron chi connectivity index (χ2n) is 6.11. The first-order valence-electron chi connectivity index (χ1n) is 8.57. The third-order valence-electron chi connectivity index (χ3n) is 4.18. The van der Waals surface area contributed by atoms with Gasteiger partial charge < -0.3 is 4.74 Å². The Kier molecular flexibility index (Phi) is 4.67. The molecule has 0 aliphatic carbocycles. The smallest absolute Gasteiger partial charge is 0.235 e. The third-order valence-corrected chi connectivity index (χ3v) is 5.65. The molecule has 0 saturated carbocycles. The minimum Gasteiger partial charge on any atom is -0.484 e. The zero-order valence-electron chi connectivity index (χ0n) is 14.7. The predicted molar refractivity (Wildman–Crippen MR) is 112 cm³/mol. The van der Waals surface area contributed by atoms with Crippen molar-refractivity contribution in [2.24, 2.45) is 0 Å². The van der Waals surface area contributed by atoms with E-state index in [0.717, 1.165) is 22.0 Å². The minimum absolute atomic E-state index is 0.171. The highest BCUT2D eigenvalue weighted by Gasteiger charge is 2.16. The lowest BCUT2D eigenvalue weighted by molar-refractivity contribution is 0.293. The van der Waals surface area contributed by atoms with E-state index >= 15 is 0 Å². The topological polar surface area (TPSA) is 81.0 Å². The van der Waals surface area contributed by atoms with Gasteiger partial charge in [0.2, 0.25) is 4.96 Å². The molecule has 1 N–H and O–H groups in total. The first-order chi connectivity index (χ1) is 14.2. The van der Waals surface area contributed by atoms with Gasteiger partial charge in [-0.25, -0.2) is 0 Å². The molecule has 2 aromatic carbocycles. The summed E-state index contributed by atoms with van der Waals surface area (Å²) in [7, 11) is 0. The molecule has 3 heterocycles. The highest BCUT2D eigenvalue weighted by molar-refractivity contribution is 7.19. The molecule has 0 aliphatic rings. The molecular formula is C19H12Cl2N6OS. The second kappa shape index (κ2) is 7.47. The lowest BCUT2D eigenvalue weighted by Crippen LogP contribution is -2.02. The molecular weight excluding hydrogens is 431 g/mol. The molecule has 7 nitrogen and oxygen atoms in total. The second-order valence-corrected chi connectivity index (χ2v) is 7.91. The summed E-state index contributed by atoms with van der Waals surface area (Å²) in [5.41, 5.74) is 2.70. The zero-order valence-corrected chi connectivity index (χ0v) is 17.0. The number of hydrogen-bond acceptors (Lipinski definition) is 6. The monoisotopic (exact) mass is 442 g/mol. The van der Waals surface area contributed by atoms with Crippen LogP contribution in [0.2, 0.25) is 10.0 Å². The Balaban J connectivity index is 1.39. The van der Waals surface area contributed by atoms with Gasteiger partial charge in [0.25, 0.3) is 0 Å². The Bertz CT molecular complexity index is 1300. The van der Waals surface area contributed by atoms with Crippen LogP contribution in [0.25, 0.3) is 26.9 Å². The van der Waals surface area contributed by atoms with E-state index in [0.29, 0.717) is 26.6 Å². The standard InChI is InChI=1S/C19H12Cl2N6OS/c20-12-6-7-16(13(21)8-12)28-10-17-24-25-19-27(17)26-18(29-19)15-9-14(22-23-15)11-4-2-1-3-5-11/h1-9H,10H2,(H,22,23). The van der Waals surface area contributed by atoms with Crippen LogP contribution < -0.4 is 4.74 Å². The highest BCUT2D eigenvalue weighted by Crippen LogP contribution is 2.29. The number of benzene rings is 2. The van der Waals surface area contributed by atoms with E-state index < -0.39 is 0 Å². The number of aromatic nitrogens is 6. The van der Waals surface area contributed by atoms with Crippen LogP contribution in [0.4, 0.5) is 0 Å². The maximum atomic E-state index is 6.15. The number of ether oxygens (including phenoxy) is 1. The molecule has 0 spiro atoms. The molecule has 0 aliphatic heterocycles. The molecule has 144 valence electrons. The van der Waals surface area contributed by atoms with Gasteiger partial charge in [0.15, 0.2) is 10.8 Å². The van der Waals surface area contributed by atoms with Crippen LogP contribution in [0.1, 0.15) is 5.82 Å². The van der Waals surface area contributed by atoms with Gasteiger partial charge >= 0.3 is 0 Å². The summed E-state index contributed by atoms with van der Waals surface area (Å²) >= 11 is 13.5. The average molecular weight is 443 g/mol. The van der Waals surface area contributed by atoms with E-state index in [2.05, 4.69) is 25.5 Å². The molecule has 0 saturated heterocycles. The van der Waals surface area contributed by atoms with Crippen LogP contribution in [0.3, 0.4) is 0 Å². The summed E-state index contributed by atoms with van der Waals surface area (Å²) in [6.07, 6.45) is 0. The summed E-state index contributed by atoms with van der Waals surface area (Å²) < 4.78 is 7.41. The number of halogens is 2. The van der Waals surface area contributed by atoms with E-state index in [9.17, 15) is 0 Å². The third kappa shape index (κ3) is 3.57. The molecule has 10 heteroatoms. The lowest BCUT2D eigenvalue weighted by Gasteiger charge is -2.06. The Morgan fingerprint density at radius 3 is 2.72 bits per heavy atom. The number of nitrogens with one attached hydrogen (secondary N) is 1. The van der Waals surface area contributed by atoms with Crippen LogP contribution >= 0.6 is 34.5 Å². The van der Waals surface area contributed by atoms with Gasteiger partial charge in [0.1, 0.15) is 12.4 Å². The molecule has 0 unspecified atom stereocenters. The van der Waals surface area contributed by atoms with Crippen LogP contribution in [0.5, 0.6) is 5.75 Å². The van der Waals surface area contributed by atoms with Gasteiger partial charge in [-0.2, -0.15) is 14.7 Å². The van der Waals surface area contributed by atoms with Crippen molar-refractivity contribution in [1.29, 1.82) is 0 Å². The van der Waals surface area contributed by atoms with Gasteiger partial charge in [-0.3, -0.25) is 5.10 Å². The molecule has 3 aromatic heterocycles. The number of aromatic amines is 1. The van der Waals surface area contributed by atoms with E-state index in [4.69, 9.17) is 27.9 Å². The fourth-order valence-electron chi connectivity index (χ4n) is 2.78. The SMILES string of the molecule is Clc1ccc(OCc2nnc3sc(-c4cc(-c5ccccc5)n[nH]4)nn23)c(Cl)c1. The van der Waals surface area contributed by atoms with Gasteiger partial charge in [0, 0.05) is 10.6 Å². The molecule has 0 atom stereocenters. The van der Waals surface area contributed by atoms with Crippen LogP contribution in [0, 0.1) is 0 Å². The number of rotatable bonds is 5. The maximum Gasteiger partial charge on any atom is 0.235 e. The van der Waals surface area contributed by atoms with Crippen molar-refractivity contribution in [3.8, 4) is 27.7 Å². The number of hydrogen-bond donors (Lipinski definition) is 1. The number of fused-ring (bicyclic) bond motifs is 1. The summed E-state index contributed by atoms with van der Waals surface area (Å²) in [4.78, 5) is 0.664.